The topological polar surface area (TPSA) is 61.2 Å². The molecule has 0 saturated carbocycles. The lowest BCUT2D eigenvalue weighted by Gasteiger charge is -2.15. The highest BCUT2D eigenvalue weighted by molar-refractivity contribution is 8.04. The van der Waals surface area contributed by atoms with Crippen molar-refractivity contribution in [1.29, 1.82) is 5.26 Å². The van der Waals surface area contributed by atoms with Crippen molar-refractivity contribution < 1.29 is 9.59 Å². The van der Waals surface area contributed by atoms with Crippen LogP contribution >= 0.6 is 23.4 Å². The van der Waals surface area contributed by atoms with Crippen molar-refractivity contribution in [2.45, 2.75) is 19.1 Å². The molecule has 2 aromatic rings. The number of carbonyl (C=O) groups is 2. The largest absolute Gasteiger partial charge is 0.272 e. The van der Waals surface area contributed by atoms with Gasteiger partial charge in [-0.2, -0.15) is 5.26 Å². The molecule has 0 radical (unpaired) electrons. The molecule has 2 amide bonds. The van der Waals surface area contributed by atoms with Crippen molar-refractivity contribution in [2.75, 3.05) is 4.90 Å². The Labute approximate surface area is 161 Å². The van der Waals surface area contributed by atoms with E-state index in [4.69, 9.17) is 16.9 Å². The summed E-state index contributed by atoms with van der Waals surface area (Å²) in [5.74, 6) is -0.714. The molecule has 0 bridgehead atoms. The Morgan fingerprint density at radius 1 is 1.00 bits per heavy atom. The summed E-state index contributed by atoms with van der Waals surface area (Å²) < 4.78 is 0. The van der Waals surface area contributed by atoms with Crippen molar-refractivity contribution in [3.63, 3.8) is 0 Å². The Morgan fingerprint density at radius 2 is 1.62 bits per heavy atom. The van der Waals surface area contributed by atoms with Crippen LogP contribution in [0.2, 0.25) is 5.02 Å². The summed E-state index contributed by atoms with van der Waals surface area (Å²) in [5.41, 5.74) is 1.96. The predicted molar refractivity (Wildman–Crippen MR) is 105 cm³/mol. The maximum Gasteiger partial charge on any atom is 0.272 e. The van der Waals surface area contributed by atoms with Gasteiger partial charge in [0.2, 0.25) is 0 Å². The molecule has 1 heterocycles. The van der Waals surface area contributed by atoms with Crippen molar-refractivity contribution in [1.82, 2.24) is 0 Å². The molecule has 26 heavy (non-hydrogen) atoms. The quantitative estimate of drug-likeness (QED) is 0.723. The SMILES string of the molecule is CC(C)SC1=C(c2ccc(Cl)cc2)C(=O)N(c2ccc(C#N)cc2)C1=O. The van der Waals surface area contributed by atoms with Crippen LogP contribution in [0.15, 0.2) is 53.4 Å². The first kappa shape index (κ1) is 18.2. The maximum atomic E-state index is 13.1. The summed E-state index contributed by atoms with van der Waals surface area (Å²) in [6.45, 7) is 3.94. The summed E-state index contributed by atoms with van der Waals surface area (Å²) >= 11 is 7.32. The molecule has 6 heteroatoms. The summed E-state index contributed by atoms with van der Waals surface area (Å²) in [6, 6.07) is 15.3. The van der Waals surface area contributed by atoms with Crippen LogP contribution in [0.4, 0.5) is 5.69 Å². The lowest BCUT2D eigenvalue weighted by Crippen LogP contribution is -2.31. The summed E-state index contributed by atoms with van der Waals surface area (Å²) in [4.78, 5) is 27.7. The fourth-order valence-corrected chi connectivity index (χ4v) is 3.76. The fraction of sp³-hybridized carbons (Fsp3) is 0.150. The molecule has 0 unspecified atom stereocenters. The molecule has 3 rings (SSSR count). The number of thioether (sulfide) groups is 1. The van der Waals surface area contributed by atoms with E-state index < -0.39 is 0 Å². The third kappa shape index (κ3) is 3.39. The van der Waals surface area contributed by atoms with Crippen LogP contribution in [-0.2, 0) is 9.59 Å². The third-order valence-electron chi connectivity index (χ3n) is 3.78. The molecular formula is C20H15ClN2O2S. The summed E-state index contributed by atoms with van der Waals surface area (Å²) in [5, 5.41) is 9.64. The molecule has 0 aliphatic carbocycles. The van der Waals surface area contributed by atoms with Gasteiger partial charge in [-0.25, -0.2) is 4.90 Å². The number of imide groups is 1. The predicted octanol–water partition coefficient (Wildman–Crippen LogP) is 4.64. The van der Waals surface area contributed by atoms with Gasteiger partial charge in [-0.3, -0.25) is 9.59 Å². The van der Waals surface area contributed by atoms with Crippen molar-refractivity contribution in [3.05, 3.63) is 69.6 Å². The van der Waals surface area contributed by atoms with Gasteiger partial charge in [-0.05, 0) is 42.0 Å². The number of anilines is 1. The van der Waals surface area contributed by atoms with Gasteiger partial charge < -0.3 is 0 Å². The number of rotatable bonds is 4. The molecule has 0 N–H and O–H groups in total. The highest BCUT2D eigenvalue weighted by Gasteiger charge is 2.40. The van der Waals surface area contributed by atoms with Crippen LogP contribution in [0.1, 0.15) is 25.0 Å². The number of benzene rings is 2. The van der Waals surface area contributed by atoms with E-state index in [0.29, 0.717) is 32.3 Å². The Hall–Kier alpha value is -2.55. The molecule has 0 spiro atoms. The van der Waals surface area contributed by atoms with E-state index in [0.717, 1.165) is 4.90 Å². The van der Waals surface area contributed by atoms with Gasteiger partial charge in [0.25, 0.3) is 11.8 Å². The van der Waals surface area contributed by atoms with Crippen LogP contribution in [0.5, 0.6) is 0 Å². The molecule has 0 aromatic heterocycles. The van der Waals surface area contributed by atoms with Gasteiger partial charge in [-0.1, -0.05) is 37.6 Å². The number of halogens is 1. The molecule has 0 fully saturated rings. The van der Waals surface area contributed by atoms with E-state index in [-0.39, 0.29) is 17.1 Å². The minimum absolute atomic E-state index is 0.143. The zero-order valence-corrected chi connectivity index (χ0v) is 15.8. The van der Waals surface area contributed by atoms with Crippen molar-refractivity contribution >= 4 is 46.4 Å². The van der Waals surface area contributed by atoms with Crippen molar-refractivity contribution in [3.8, 4) is 6.07 Å². The first-order chi connectivity index (χ1) is 12.4. The lowest BCUT2D eigenvalue weighted by molar-refractivity contribution is -0.119. The fourth-order valence-electron chi connectivity index (χ4n) is 2.65. The zero-order chi connectivity index (χ0) is 18.8. The molecule has 1 aliphatic heterocycles. The van der Waals surface area contributed by atoms with E-state index in [2.05, 4.69) is 0 Å². The highest BCUT2D eigenvalue weighted by Crippen LogP contribution is 2.40. The average Bonchev–Trinajstić information content (AvgIpc) is 2.86. The van der Waals surface area contributed by atoms with Crippen LogP contribution < -0.4 is 4.90 Å². The normalized spacial score (nSPS) is 14.3. The molecule has 130 valence electrons. The number of hydrogen-bond donors (Lipinski definition) is 0. The standard InChI is InChI=1S/C20H15ClN2O2S/c1-12(2)26-18-17(14-5-7-15(21)8-6-14)19(24)23(20(18)25)16-9-3-13(11-22)4-10-16/h3-10,12H,1-2H3. The van der Waals surface area contributed by atoms with Crippen LogP contribution in [0.3, 0.4) is 0 Å². The molecule has 2 aromatic carbocycles. The first-order valence-electron chi connectivity index (χ1n) is 7.98. The van der Waals surface area contributed by atoms with Crippen LogP contribution in [0.25, 0.3) is 5.57 Å². The van der Waals surface area contributed by atoms with E-state index in [9.17, 15) is 9.59 Å². The van der Waals surface area contributed by atoms with Crippen LogP contribution in [0, 0.1) is 11.3 Å². The Balaban J connectivity index is 2.07. The smallest absolute Gasteiger partial charge is 0.268 e. The molecular weight excluding hydrogens is 368 g/mol. The number of nitriles is 1. The Bertz CT molecular complexity index is 941. The van der Waals surface area contributed by atoms with Crippen LogP contribution in [-0.4, -0.2) is 17.1 Å². The molecule has 0 saturated heterocycles. The second-order valence-electron chi connectivity index (χ2n) is 5.98. The summed E-state index contributed by atoms with van der Waals surface area (Å²) in [7, 11) is 0. The average molecular weight is 383 g/mol. The summed E-state index contributed by atoms with van der Waals surface area (Å²) in [6.07, 6.45) is 0. The molecule has 4 nitrogen and oxygen atoms in total. The lowest BCUT2D eigenvalue weighted by atomic mass is 10.1. The third-order valence-corrected chi connectivity index (χ3v) is 5.12. The second kappa shape index (κ2) is 7.36. The van der Waals surface area contributed by atoms with E-state index >= 15 is 0 Å². The first-order valence-corrected chi connectivity index (χ1v) is 9.24. The Kier molecular flexibility index (Phi) is 5.17. The molecule has 0 atom stereocenters. The second-order valence-corrected chi connectivity index (χ2v) is 8.01. The van der Waals surface area contributed by atoms with Gasteiger partial charge >= 0.3 is 0 Å². The Morgan fingerprint density at radius 3 is 2.15 bits per heavy atom. The van der Waals surface area contributed by atoms with Gasteiger partial charge in [0.15, 0.2) is 0 Å². The number of hydrogen-bond acceptors (Lipinski definition) is 4. The van der Waals surface area contributed by atoms with Gasteiger partial charge in [0.05, 0.1) is 27.8 Å². The number of carbonyl (C=O) groups excluding carboxylic acids is 2. The van der Waals surface area contributed by atoms with Crippen molar-refractivity contribution in [2.24, 2.45) is 0 Å². The van der Waals surface area contributed by atoms with E-state index in [1.807, 2.05) is 19.9 Å². The van der Waals surface area contributed by atoms with E-state index in [1.165, 1.54) is 11.8 Å². The van der Waals surface area contributed by atoms with Gasteiger partial charge in [-0.15, -0.1) is 11.8 Å². The minimum Gasteiger partial charge on any atom is -0.268 e. The molecule has 1 aliphatic rings. The minimum atomic E-state index is -0.370. The monoisotopic (exact) mass is 382 g/mol. The maximum absolute atomic E-state index is 13.1. The number of amides is 2. The van der Waals surface area contributed by atoms with Gasteiger partial charge in [0, 0.05) is 10.3 Å². The highest BCUT2D eigenvalue weighted by atomic mass is 35.5. The number of nitrogens with zero attached hydrogens (tertiary/aromatic N) is 2. The van der Waals surface area contributed by atoms with Gasteiger partial charge in [0.1, 0.15) is 0 Å². The van der Waals surface area contributed by atoms with E-state index in [1.54, 1.807) is 48.5 Å². The zero-order valence-electron chi connectivity index (χ0n) is 14.2.